The van der Waals surface area contributed by atoms with Crippen molar-refractivity contribution in [3.05, 3.63) is 59.4 Å². The molecule has 0 fully saturated rings. The van der Waals surface area contributed by atoms with Crippen LogP contribution in [-0.2, 0) is 12.0 Å². The first kappa shape index (κ1) is 14.4. The molecule has 0 aliphatic heterocycles. The van der Waals surface area contributed by atoms with Crippen LogP contribution < -0.4 is 10.5 Å². The second kappa shape index (κ2) is 5.53. The van der Waals surface area contributed by atoms with Gasteiger partial charge in [-0.1, -0.05) is 39.0 Å². The van der Waals surface area contributed by atoms with Crippen LogP contribution >= 0.6 is 0 Å². The molecule has 0 aliphatic rings. The standard InChI is InChI=1S/C17H20FNO/c1-17(2,3)13-5-4-6-15(9-13)20-11-12-7-8-14(19)10-16(12)18/h4-10H,11,19H2,1-3H3. The summed E-state index contributed by atoms with van der Waals surface area (Å²) in [5, 5.41) is 0. The van der Waals surface area contributed by atoms with E-state index < -0.39 is 0 Å². The van der Waals surface area contributed by atoms with E-state index in [2.05, 4.69) is 26.8 Å². The SMILES string of the molecule is CC(C)(C)c1cccc(OCc2ccc(N)cc2F)c1. The van der Waals surface area contributed by atoms with Crippen molar-refractivity contribution in [3.8, 4) is 5.75 Å². The number of nitrogens with two attached hydrogens (primary N) is 1. The Morgan fingerprint density at radius 3 is 2.50 bits per heavy atom. The van der Waals surface area contributed by atoms with Crippen LogP contribution in [0.1, 0.15) is 31.9 Å². The number of hydrogen-bond donors (Lipinski definition) is 1. The van der Waals surface area contributed by atoms with E-state index >= 15 is 0 Å². The minimum absolute atomic E-state index is 0.0613. The fourth-order valence-corrected chi connectivity index (χ4v) is 1.89. The molecule has 2 rings (SSSR count). The fraction of sp³-hybridized carbons (Fsp3) is 0.294. The van der Waals surface area contributed by atoms with Gasteiger partial charge in [-0.3, -0.25) is 0 Å². The highest BCUT2D eigenvalue weighted by molar-refractivity contribution is 5.40. The van der Waals surface area contributed by atoms with Gasteiger partial charge in [0.2, 0.25) is 0 Å². The van der Waals surface area contributed by atoms with E-state index in [1.807, 2.05) is 18.2 Å². The molecule has 0 saturated carbocycles. The number of ether oxygens (including phenoxy) is 1. The van der Waals surface area contributed by atoms with Crippen LogP contribution in [0.15, 0.2) is 42.5 Å². The molecule has 0 atom stereocenters. The van der Waals surface area contributed by atoms with Crippen molar-refractivity contribution in [2.45, 2.75) is 32.8 Å². The average Bonchev–Trinajstić information content (AvgIpc) is 2.37. The maximum atomic E-state index is 13.7. The molecule has 106 valence electrons. The van der Waals surface area contributed by atoms with Crippen molar-refractivity contribution in [3.63, 3.8) is 0 Å². The Morgan fingerprint density at radius 1 is 1.10 bits per heavy atom. The summed E-state index contributed by atoms with van der Waals surface area (Å²) in [6.45, 7) is 6.63. The van der Waals surface area contributed by atoms with Crippen molar-refractivity contribution in [2.24, 2.45) is 0 Å². The normalized spacial score (nSPS) is 11.4. The predicted octanol–water partition coefficient (Wildman–Crippen LogP) is 4.28. The summed E-state index contributed by atoms with van der Waals surface area (Å²) in [6, 6.07) is 12.5. The lowest BCUT2D eigenvalue weighted by atomic mass is 9.87. The highest BCUT2D eigenvalue weighted by Gasteiger charge is 2.14. The van der Waals surface area contributed by atoms with E-state index in [1.165, 1.54) is 11.6 Å². The zero-order chi connectivity index (χ0) is 14.8. The Hall–Kier alpha value is -2.03. The molecular weight excluding hydrogens is 253 g/mol. The van der Waals surface area contributed by atoms with Gasteiger partial charge in [-0.2, -0.15) is 0 Å². The summed E-state index contributed by atoms with van der Waals surface area (Å²) >= 11 is 0. The van der Waals surface area contributed by atoms with Gasteiger partial charge >= 0.3 is 0 Å². The van der Waals surface area contributed by atoms with E-state index in [0.717, 1.165) is 5.75 Å². The van der Waals surface area contributed by atoms with Crippen LogP contribution in [0.2, 0.25) is 0 Å². The third-order valence-corrected chi connectivity index (χ3v) is 3.17. The molecule has 0 aromatic heterocycles. The van der Waals surface area contributed by atoms with Gasteiger partial charge in [-0.25, -0.2) is 4.39 Å². The van der Waals surface area contributed by atoms with Crippen molar-refractivity contribution >= 4 is 5.69 Å². The summed E-state index contributed by atoms with van der Waals surface area (Å²) in [4.78, 5) is 0. The molecule has 2 aromatic rings. The van der Waals surface area contributed by atoms with E-state index in [4.69, 9.17) is 10.5 Å². The molecule has 2 aromatic carbocycles. The molecule has 0 radical (unpaired) electrons. The topological polar surface area (TPSA) is 35.2 Å². The molecular formula is C17H20FNO. The summed E-state index contributed by atoms with van der Waals surface area (Å²) in [6.07, 6.45) is 0. The Labute approximate surface area is 119 Å². The largest absolute Gasteiger partial charge is 0.489 e. The minimum atomic E-state index is -0.336. The minimum Gasteiger partial charge on any atom is -0.489 e. The van der Waals surface area contributed by atoms with Crippen LogP contribution in [0, 0.1) is 5.82 Å². The van der Waals surface area contributed by atoms with E-state index in [0.29, 0.717) is 11.3 Å². The van der Waals surface area contributed by atoms with E-state index in [9.17, 15) is 4.39 Å². The Balaban J connectivity index is 2.11. The van der Waals surface area contributed by atoms with E-state index in [-0.39, 0.29) is 17.8 Å². The third kappa shape index (κ3) is 3.50. The zero-order valence-electron chi connectivity index (χ0n) is 12.1. The second-order valence-electron chi connectivity index (χ2n) is 5.92. The van der Waals surface area contributed by atoms with Crippen LogP contribution in [0.5, 0.6) is 5.75 Å². The molecule has 0 amide bonds. The van der Waals surface area contributed by atoms with Gasteiger partial charge in [0.15, 0.2) is 0 Å². The maximum absolute atomic E-state index is 13.7. The van der Waals surface area contributed by atoms with Gasteiger partial charge in [0.05, 0.1) is 0 Å². The van der Waals surface area contributed by atoms with Gasteiger partial charge in [-0.05, 0) is 35.2 Å². The van der Waals surface area contributed by atoms with Crippen LogP contribution in [0.25, 0.3) is 0 Å². The predicted molar refractivity (Wildman–Crippen MR) is 80.3 cm³/mol. The van der Waals surface area contributed by atoms with Crippen LogP contribution in [0.4, 0.5) is 10.1 Å². The summed E-state index contributed by atoms with van der Waals surface area (Å²) in [5.41, 5.74) is 7.69. The quantitative estimate of drug-likeness (QED) is 0.847. The molecule has 0 bridgehead atoms. The zero-order valence-corrected chi connectivity index (χ0v) is 12.1. The first-order valence-corrected chi connectivity index (χ1v) is 6.63. The molecule has 2 N–H and O–H groups in total. The number of rotatable bonds is 3. The van der Waals surface area contributed by atoms with Gasteiger partial charge < -0.3 is 10.5 Å². The Bertz CT molecular complexity index is 602. The molecule has 20 heavy (non-hydrogen) atoms. The summed E-state index contributed by atoms with van der Waals surface area (Å²) in [7, 11) is 0. The van der Waals surface area contributed by atoms with Crippen molar-refractivity contribution in [2.75, 3.05) is 5.73 Å². The molecule has 2 nitrogen and oxygen atoms in total. The van der Waals surface area contributed by atoms with Crippen LogP contribution in [0.3, 0.4) is 0 Å². The van der Waals surface area contributed by atoms with Gasteiger partial charge in [-0.15, -0.1) is 0 Å². The van der Waals surface area contributed by atoms with Gasteiger partial charge in [0.25, 0.3) is 0 Å². The Kier molecular flexibility index (Phi) is 3.98. The fourth-order valence-electron chi connectivity index (χ4n) is 1.89. The number of halogens is 1. The van der Waals surface area contributed by atoms with E-state index in [1.54, 1.807) is 12.1 Å². The number of hydrogen-bond acceptors (Lipinski definition) is 2. The highest BCUT2D eigenvalue weighted by atomic mass is 19.1. The van der Waals surface area contributed by atoms with Gasteiger partial charge in [0.1, 0.15) is 18.2 Å². The van der Waals surface area contributed by atoms with Crippen molar-refractivity contribution < 1.29 is 9.13 Å². The third-order valence-electron chi connectivity index (χ3n) is 3.17. The smallest absolute Gasteiger partial charge is 0.131 e. The number of nitrogen functional groups attached to an aromatic ring is 1. The molecule has 3 heteroatoms. The lowest BCUT2D eigenvalue weighted by molar-refractivity contribution is 0.299. The maximum Gasteiger partial charge on any atom is 0.131 e. The first-order chi connectivity index (χ1) is 9.36. The number of benzene rings is 2. The monoisotopic (exact) mass is 273 g/mol. The molecule has 0 unspecified atom stereocenters. The highest BCUT2D eigenvalue weighted by Crippen LogP contribution is 2.26. The second-order valence-corrected chi connectivity index (χ2v) is 5.92. The molecule has 0 heterocycles. The lowest BCUT2D eigenvalue weighted by Gasteiger charge is -2.19. The molecule has 0 spiro atoms. The summed E-state index contributed by atoms with van der Waals surface area (Å²) in [5.74, 6) is 0.408. The average molecular weight is 273 g/mol. The van der Waals surface area contributed by atoms with Crippen LogP contribution in [-0.4, -0.2) is 0 Å². The molecule has 0 saturated heterocycles. The number of anilines is 1. The van der Waals surface area contributed by atoms with Crippen molar-refractivity contribution in [1.29, 1.82) is 0 Å². The molecule has 0 aliphatic carbocycles. The first-order valence-electron chi connectivity index (χ1n) is 6.63. The summed E-state index contributed by atoms with van der Waals surface area (Å²) < 4.78 is 19.3. The lowest BCUT2D eigenvalue weighted by Crippen LogP contribution is -2.11. The van der Waals surface area contributed by atoms with Gasteiger partial charge in [0, 0.05) is 11.3 Å². The van der Waals surface area contributed by atoms with Crippen molar-refractivity contribution in [1.82, 2.24) is 0 Å². The Morgan fingerprint density at radius 2 is 1.85 bits per heavy atom.